The average molecular weight is 213 g/mol. The van der Waals surface area contributed by atoms with Crippen LogP contribution in [0.4, 0.5) is 0 Å². The average Bonchev–Trinajstić information content (AvgIpc) is 2.63. The van der Waals surface area contributed by atoms with E-state index in [2.05, 4.69) is 29.3 Å². The first-order valence-corrected chi connectivity index (χ1v) is 5.22. The molecule has 1 aromatic rings. The zero-order valence-electron chi connectivity index (χ0n) is 9.78. The van der Waals surface area contributed by atoms with Crippen LogP contribution in [0, 0.1) is 5.92 Å². The minimum absolute atomic E-state index is 0.109. The smallest absolute Gasteiger partial charge is 0.240 e. The molecule has 0 saturated heterocycles. The second kappa shape index (κ2) is 5.82. The highest BCUT2D eigenvalue weighted by Crippen LogP contribution is 2.14. The van der Waals surface area contributed by atoms with Gasteiger partial charge in [-0.05, 0) is 19.9 Å². The molecule has 0 aliphatic heterocycles. The van der Waals surface area contributed by atoms with Gasteiger partial charge in [-0.25, -0.2) is 0 Å². The molecule has 5 nitrogen and oxygen atoms in total. The molecule has 0 aliphatic carbocycles. The number of nitrogens with zero attached hydrogens (tertiary/aromatic N) is 2. The van der Waals surface area contributed by atoms with Gasteiger partial charge in [0.25, 0.3) is 0 Å². The lowest BCUT2D eigenvalue weighted by Gasteiger charge is -2.10. The Kier molecular flexibility index (Phi) is 4.71. The number of aromatic nitrogens is 2. The van der Waals surface area contributed by atoms with Crippen molar-refractivity contribution in [1.82, 2.24) is 15.5 Å². The number of ether oxygens (including phenoxy) is 1. The predicted molar refractivity (Wildman–Crippen MR) is 56.3 cm³/mol. The normalized spacial score (nSPS) is 13.4. The maximum atomic E-state index is 5.58. The molecule has 86 valence electrons. The molecule has 1 N–H and O–H groups in total. The van der Waals surface area contributed by atoms with E-state index in [0.29, 0.717) is 30.8 Å². The molecule has 1 atom stereocenters. The SMILES string of the molecule is CNCc1nc([C@H](C)OCC(C)C)no1. The van der Waals surface area contributed by atoms with E-state index in [0.717, 1.165) is 0 Å². The molecule has 0 radical (unpaired) electrons. The molecule has 0 saturated carbocycles. The molecule has 1 aromatic heterocycles. The third-order valence-corrected chi connectivity index (χ3v) is 1.85. The molecule has 0 spiro atoms. The van der Waals surface area contributed by atoms with Crippen LogP contribution in [0.15, 0.2) is 4.52 Å². The van der Waals surface area contributed by atoms with E-state index in [-0.39, 0.29) is 6.10 Å². The molecule has 0 bridgehead atoms. The van der Waals surface area contributed by atoms with Gasteiger partial charge in [0, 0.05) is 6.61 Å². The van der Waals surface area contributed by atoms with E-state index in [4.69, 9.17) is 9.26 Å². The highest BCUT2D eigenvalue weighted by molar-refractivity contribution is 4.89. The minimum Gasteiger partial charge on any atom is -0.370 e. The maximum absolute atomic E-state index is 5.58. The van der Waals surface area contributed by atoms with Gasteiger partial charge in [-0.2, -0.15) is 4.98 Å². The van der Waals surface area contributed by atoms with Crippen molar-refractivity contribution in [2.75, 3.05) is 13.7 Å². The van der Waals surface area contributed by atoms with E-state index in [1.54, 1.807) is 0 Å². The van der Waals surface area contributed by atoms with Gasteiger partial charge in [-0.15, -0.1) is 0 Å². The van der Waals surface area contributed by atoms with Crippen molar-refractivity contribution >= 4 is 0 Å². The number of hydrogen-bond donors (Lipinski definition) is 1. The second-order valence-corrected chi connectivity index (χ2v) is 3.95. The third kappa shape index (κ3) is 3.97. The fraction of sp³-hybridized carbons (Fsp3) is 0.800. The van der Waals surface area contributed by atoms with Crippen LogP contribution in [0.1, 0.15) is 38.6 Å². The Morgan fingerprint density at radius 1 is 1.40 bits per heavy atom. The lowest BCUT2D eigenvalue weighted by Crippen LogP contribution is -2.08. The van der Waals surface area contributed by atoms with E-state index >= 15 is 0 Å². The summed E-state index contributed by atoms with van der Waals surface area (Å²) in [6, 6.07) is 0. The molecule has 0 aromatic carbocycles. The lowest BCUT2D eigenvalue weighted by molar-refractivity contribution is 0.0402. The van der Waals surface area contributed by atoms with Crippen molar-refractivity contribution in [3.63, 3.8) is 0 Å². The summed E-state index contributed by atoms with van der Waals surface area (Å²) in [6.45, 7) is 7.43. The monoisotopic (exact) mass is 213 g/mol. The minimum atomic E-state index is -0.109. The highest BCUT2D eigenvalue weighted by atomic mass is 16.5. The summed E-state index contributed by atoms with van der Waals surface area (Å²) in [7, 11) is 1.84. The van der Waals surface area contributed by atoms with Crippen molar-refractivity contribution in [2.24, 2.45) is 5.92 Å². The standard InChI is InChI=1S/C10H19N3O2/c1-7(2)6-14-8(3)10-12-9(5-11-4)15-13-10/h7-8,11H,5-6H2,1-4H3/t8-/m0/s1. The summed E-state index contributed by atoms with van der Waals surface area (Å²) in [5, 5.41) is 6.81. The molecule has 0 unspecified atom stereocenters. The number of nitrogens with one attached hydrogen (secondary N) is 1. The van der Waals surface area contributed by atoms with Crippen molar-refractivity contribution in [1.29, 1.82) is 0 Å². The Hall–Kier alpha value is -0.940. The van der Waals surface area contributed by atoms with Crippen LogP contribution >= 0.6 is 0 Å². The van der Waals surface area contributed by atoms with E-state index < -0.39 is 0 Å². The van der Waals surface area contributed by atoms with Gasteiger partial charge in [-0.3, -0.25) is 0 Å². The van der Waals surface area contributed by atoms with E-state index in [1.165, 1.54) is 0 Å². The Bertz CT molecular complexity index is 286. The summed E-state index contributed by atoms with van der Waals surface area (Å²) >= 11 is 0. The topological polar surface area (TPSA) is 60.2 Å². The summed E-state index contributed by atoms with van der Waals surface area (Å²) in [5.74, 6) is 1.71. The van der Waals surface area contributed by atoms with Crippen LogP contribution in [0.25, 0.3) is 0 Å². The zero-order valence-corrected chi connectivity index (χ0v) is 9.78. The van der Waals surface area contributed by atoms with Gasteiger partial charge in [0.2, 0.25) is 5.89 Å². The van der Waals surface area contributed by atoms with Crippen LogP contribution in [0.3, 0.4) is 0 Å². The summed E-state index contributed by atoms with van der Waals surface area (Å²) in [6.07, 6.45) is -0.109. The van der Waals surface area contributed by atoms with Crippen LogP contribution in [-0.2, 0) is 11.3 Å². The van der Waals surface area contributed by atoms with Crippen LogP contribution in [0.5, 0.6) is 0 Å². The third-order valence-electron chi connectivity index (χ3n) is 1.85. The quantitative estimate of drug-likeness (QED) is 0.776. The lowest BCUT2D eigenvalue weighted by atomic mass is 10.2. The largest absolute Gasteiger partial charge is 0.370 e. The molecule has 0 aliphatic rings. The molecular weight excluding hydrogens is 194 g/mol. The molecule has 1 rings (SSSR count). The first kappa shape index (κ1) is 12.1. The van der Waals surface area contributed by atoms with Gasteiger partial charge in [0.1, 0.15) is 6.10 Å². The molecule has 0 amide bonds. The van der Waals surface area contributed by atoms with Crippen molar-refractivity contribution in [3.05, 3.63) is 11.7 Å². The summed E-state index contributed by atoms with van der Waals surface area (Å²) in [4.78, 5) is 4.21. The molecule has 0 fully saturated rings. The van der Waals surface area contributed by atoms with Gasteiger partial charge in [0.05, 0.1) is 6.54 Å². The molecule has 5 heteroatoms. The molecule has 1 heterocycles. The first-order chi connectivity index (χ1) is 7.13. The predicted octanol–water partition coefficient (Wildman–Crippen LogP) is 1.52. The Balaban J connectivity index is 2.46. The Morgan fingerprint density at radius 3 is 2.73 bits per heavy atom. The highest BCUT2D eigenvalue weighted by Gasteiger charge is 2.14. The maximum Gasteiger partial charge on any atom is 0.240 e. The fourth-order valence-corrected chi connectivity index (χ4v) is 1.07. The number of hydrogen-bond acceptors (Lipinski definition) is 5. The number of rotatable bonds is 6. The van der Waals surface area contributed by atoms with Crippen LogP contribution in [-0.4, -0.2) is 23.8 Å². The zero-order chi connectivity index (χ0) is 11.3. The first-order valence-electron chi connectivity index (χ1n) is 5.22. The van der Waals surface area contributed by atoms with Crippen molar-refractivity contribution in [3.8, 4) is 0 Å². The van der Waals surface area contributed by atoms with E-state index in [9.17, 15) is 0 Å². The molecular formula is C10H19N3O2. The van der Waals surface area contributed by atoms with Gasteiger partial charge in [0.15, 0.2) is 5.82 Å². The summed E-state index contributed by atoms with van der Waals surface area (Å²) < 4.78 is 10.6. The van der Waals surface area contributed by atoms with Crippen molar-refractivity contribution in [2.45, 2.75) is 33.4 Å². The van der Waals surface area contributed by atoms with Crippen LogP contribution in [0.2, 0.25) is 0 Å². The Morgan fingerprint density at radius 2 is 2.13 bits per heavy atom. The Labute approximate surface area is 90.2 Å². The second-order valence-electron chi connectivity index (χ2n) is 3.95. The molecule has 15 heavy (non-hydrogen) atoms. The van der Waals surface area contributed by atoms with Gasteiger partial charge >= 0.3 is 0 Å². The van der Waals surface area contributed by atoms with Gasteiger partial charge in [-0.1, -0.05) is 19.0 Å². The van der Waals surface area contributed by atoms with E-state index in [1.807, 2.05) is 14.0 Å². The van der Waals surface area contributed by atoms with Crippen molar-refractivity contribution < 1.29 is 9.26 Å². The van der Waals surface area contributed by atoms with Gasteiger partial charge < -0.3 is 14.6 Å². The fourth-order valence-electron chi connectivity index (χ4n) is 1.07. The summed E-state index contributed by atoms with van der Waals surface area (Å²) in [5.41, 5.74) is 0. The van der Waals surface area contributed by atoms with Crippen LogP contribution < -0.4 is 5.32 Å².